The summed E-state index contributed by atoms with van der Waals surface area (Å²) in [5.41, 5.74) is 0.941. The molecule has 1 aromatic heterocycles. The second kappa shape index (κ2) is 7.18. The topological polar surface area (TPSA) is 97.6 Å². The Kier molecular flexibility index (Phi) is 4.66. The number of ketones is 1. The fourth-order valence-electron chi connectivity index (χ4n) is 3.36. The van der Waals surface area contributed by atoms with Gasteiger partial charge in [-0.05, 0) is 44.2 Å². The van der Waals surface area contributed by atoms with Crippen LogP contribution in [0.25, 0.3) is 16.5 Å². The van der Waals surface area contributed by atoms with Crippen molar-refractivity contribution < 1.29 is 18.7 Å². The molecule has 7 nitrogen and oxygen atoms in total. The number of amides is 1. The van der Waals surface area contributed by atoms with Crippen LogP contribution in [0.5, 0.6) is 5.75 Å². The van der Waals surface area contributed by atoms with E-state index in [4.69, 9.17) is 9.15 Å². The highest BCUT2D eigenvalue weighted by atomic mass is 16.5. The van der Waals surface area contributed by atoms with Gasteiger partial charge in [-0.3, -0.25) is 9.59 Å². The lowest BCUT2D eigenvalue weighted by Crippen LogP contribution is -2.42. The Morgan fingerprint density at radius 2 is 1.77 bits per heavy atom. The van der Waals surface area contributed by atoms with Crippen molar-refractivity contribution in [1.82, 2.24) is 0 Å². The van der Waals surface area contributed by atoms with Gasteiger partial charge in [0.15, 0.2) is 5.60 Å². The monoisotopic (exact) mass is 404 g/mol. The van der Waals surface area contributed by atoms with Gasteiger partial charge in [-0.15, -0.1) is 0 Å². The van der Waals surface area contributed by atoms with E-state index in [9.17, 15) is 14.4 Å². The highest BCUT2D eigenvalue weighted by molar-refractivity contribution is 6.27. The fourth-order valence-corrected chi connectivity index (χ4v) is 3.36. The van der Waals surface area contributed by atoms with Gasteiger partial charge in [-0.25, -0.2) is 4.79 Å². The Bertz CT molecular complexity index is 1270. The number of Topliss-reactive ketones (excluding diaryl/α,β-unsaturated/α-hetero) is 1. The molecule has 1 aliphatic heterocycles. The lowest BCUT2D eigenvalue weighted by molar-refractivity contribution is -0.126. The first kappa shape index (κ1) is 19.4. The van der Waals surface area contributed by atoms with Gasteiger partial charge in [-0.1, -0.05) is 12.1 Å². The molecule has 2 aromatic carbocycles. The Morgan fingerprint density at radius 3 is 2.50 bits per heavy atom. The van der Waals surface area contributed by atoms with Gasteiger partial charge >= 0.3 is 5.63 Å². The lowest BCUT2D eigenvalue weighted by Gasteiger charge is -2.32. The molecule has 0 bridgehead atoms. The third-order valence-corrected chi connectivity index (χ3v) is 4.78. The summed E-state index contributed by atoms with van der Waals surface area (Å²) in [5, 5.41) is 6.56. The number of rotatable bonds is 3. The molecule has 0 saturated heterocycles. The first-order valence-electron chi connectivity index (χ1n) is 9.40. The summed E-state index contributed by atoms with van der Waals surface area (Å²) in [7, 11) is 0. The molecule has 0 spiro atoms. The van der Waals surface area contributed by atoms with Crippen LogP contribution in [0, 0.1) is 0 Å². The third-order valence-electron chi connectivity index (χ3n) is 4.78. The van der Waals surface area contributed by atoms with Gasteiger partial charge in [0.2, 0.25) is 11.7 Å². The summed E-state index contributed by atoms with van der Waals surface area (Å²) < 4.78 is 11.2. The van der Waals surface area contributed by atoms with Crippen LogP contribution in [0.1, 0.15) is 26.3 Å². The smallest absolute Gasteiger partial charge is 0.336 e. The van der Waals surface area contributed by atoms with E-state index in [1.165, 1.54) is 13.0 Å². The first-order chi connectivity index (χ1) is 14.2. The fraction of sp³-hybridized carbons (Fsp3) is 0.174. The van der Waals surface area contributed by atoms with Crippen LogP contribution in [0.4, 0.5) is 11.4 Å². The SMILES string of the molecule is CC(=O)Nc1ccccc1NC=C1C(=O)C(C)(C)Oc2cc3ccc(=O)oc3cc21. The van der Waals surface area contributed by atoms with Crippen molar-refractivity contribution in [1.29, 1.82) is 0 Å². The molecule has 0 unspecified atom stereocenters. The summed E-state index contributed by atoms with van der Waals surface area (Å²) in [4.78, 5) is 36.2. The van der Waals surface area contributed by atoms with E-state index in [0.29, 0.717) is 39.2 Å². The minimum atomic E-state index is -1.07. The van der Waals surface area contributed by atoms with E-state index < -0.39 is 11.2 Å². The molecule has 2 heterocycles. The molecule has 0 fully saturated rings. The van der Waals surface area contributed by atoms with Crippen molar-refractivity contribution in [2.75, 3.05) is 10.6 Å². The Morgan fingerprint density at radius 1 is 1.03 bits per heavy atom. The van der Waals surface area contributed by atoms with Gasteiger partial charge in [0, 0.05) is 35.7 Å². The van der Waals surface area contributed by atoms with Crippen molar-refractivity contribution in [3.05, 3.63) is 70.7 Å². The van der Waals surface area contributed by atoms with E-state index in [-0.39, 0.29) is 11.7 Å². The molecule has 0 aliphatic carbocycles. The highest BCUT2D eigenvalue weighted by Crippen LogP contribution is 2.40. The summed E-state index contributed by atoms with van der Waals surface area (Å²) in [6.07, 6.45) is 1.58. The number of hydrogen-bond donors (Lipinski definition) is 2. The van der Waals surface area contributed by atoms with E-state index >= 15 is 0 Å². The van der Waals surface area contributed by atoms with Crippen LogP contribution in [0.3, 0.4) is 0 Å². The Balaban J connectivity index is 1.82. The quantitative estimate of drug-likeness (QED) is 0.507. The van der Waals surface area contributed by atoms with E-state index in [0.717, 1.165) is 0 Å². The number of carbonyl (C=O) groups excluding carboxylic acids is 2. The van der Waals surface area contributed by atoms with Crippen molar-refractivity contribution in [2.45, 2.75) is 26.4 Å². The minimum Gasteiger partial charge on any atom is -0.479 e. The number of fused-ring (bicyclic) bond motifs is 2. The van der Waals surface area contributed by atoms with Crippen LogP contribution in [0.15, 0.2) is 63.9 Å². The summed E-state index contributed by atoms with van der Waals surface area (Å²) in [6.45, 7) is 4.83. The second-order valence-electron chi connectivity index (χ2n) is 7.51. The number of anilines is 2. The number of ether oxygens (including phenoxy) is 1. The predicted octanol–water partition coefficient (Wildman–Crippen LogP) is 3.94. The van der Waals surface area contributed by atoms with Crippen LogP contribution in [-0.2, 0) is 9.59 Å². The molecule has 1 amide bonds. The molecular formula is C23H20N2O5. The maximum absolute atomic E-state index is 13.1. The number of benzene rings is 2. The average Bonchev–Trinajstić information content (AvgIpc) is 2.68. The molecule has 1 aliphatic rings. The molecule has 7 heteroatoms. The summed E-state index contributed by atoms with van der Waals surface area (Å²) in [5.74, 6) is 0.0910. The summed E-state index contributed by atoms with van der Waals surface area (Å²) >= 11 is 0. The molecule has 0 radical (unpaired) electrons. The Hall–Kier alpha value is -3.87. The van der Waals surface area contributed by atoms with Gasteiger partial charge in [0.05, 0.1) is 11.4 Å². The number of carbonyl (C=O) groups is 2. The van der Waals surface area contributed by atoms with E-state index in [2.05, 4.69) is 10.6 Å². The molecule has 3 aromatic rings. The van der Waals surface area contributed by atoms with Crippen LogP contribution in [-0.4, -0.2) is 17.3 Å². The maximum Gasteiger partial charge on any atom is 0.336 e. The second-order valence-corrected chi connectivity index (χ2v) is 7.51. The predicted molar refractivity (Wildman–Crippen MR) is 115 cm³/mol. The third kappa shape index (κ3) is 3.57. The van der Waals surface area contributed by atoms with Gasteiger partial charge in [0.25, 0.3) is 0 Å². The van der Waals surface area contributed by atoms with Crippen LogP contribution in [0.2, 0.25) is 0 Å². The zero-order valence-electron chi connectivity index (χ0n) is 16.7. The molecule has 2 N–H and O–H groups in total. The largest absolute Gasteiger partial charge is 0.479 e. The van der Waals surface area contributed by atoms with Gasteiger partial charge < -0.3 is 19.8 Å². The maximum atomic E-state index is 13.1. The van der Waals surface area contributed by atoms with Gasteiger partial charge in [0.1, 0.15) is 11.3 Å². The van der Waals surface area contributed by atoms with Crippen LogP contribution >= 0.6 is 0 Å². The van der Waals surface area contributed by atoms with Crippen molar-refractivity contribution >= 4 is 39.6 Å². The highest BCUT2D eigenvalue weighted by Gasteiger charge is 2.39. The van der Waals surface area contributed by atoms with E-state index in [1.54, 1.807) is 56.4 Å². The Labute approximate surface area is 172 Å². The molecule has 152 valence electrons. The van der Waals surface area contributed by atoms with Crippen LogP contribution < -0.4 is 21.0 Å². The zero-order valence-corrected chi connectivity index (χ0v) is 16.7. The number of para-hydroxylation sites is 2. The zero-order chi connectivity index (χ0) is 21.5. The molecular weight excluding hydrogens is 384 g/mol. The number of hydrogen-bond acceptors (Lipinski definition) is 6. The normalized spacial score (nSPS) is 16.1. The van der Waals surface area contributed by atoms with E-state index in [1.807, 2.05) is 6.07 Å². The standard InChI is InChI=1S/C23H20N2O5/c1-13(26)25-18-7-5-4-6-17(18)24-12-16-15-11-19-14(8-9-21(27)29-19)10-20(15)30-23(2,3)22(16)28/h4-12,24H,1-3H3,(H,25,26). The van der Waals surface area contributed by atoms with Crippen molar-refractivity contribution in [3.8, 4) is 5.75 Å². The average molecular weight is 404 g/mol. The lowest BCUT2D eigenvalue weighted by atomic mass is 9.88. The minimum absolute atomic E-state index is 0.202. The first-order valence-corrected chi connectivity index (χ1v) is 9.40. The molecule has 4 rings (SSSR count). The molecule has 30 heavy (non-hydrogen) atoms. The molecule has 0 atom stereocenters. The molecule has 0 saturated carbocycles. The number of nitrogens with one attached hydrogen (secondary N) is 2. The van der Waals surface area contributed by atoms with Crippen molar-refractivity contribution in [3.63, 3.8) is 0 Å². The van der Waals surface area contributed by atoms with Crippen molar-refractivity contribution in [2.24, 2.45) is 0 Å². The van der Waals surface area contributed by atoms with Gasteiger partial charge in [-0.2, -0.15) is 0 Å². The summed E-state index contributed by atoms with van der Waals surface area (Å²) in [6, 6.07) is 13.5.